The molecule has 0 amide bonds. The van der Waals surface area contributed by atoms with E-state index in [-0.39, 0.29) is 0 Å². The fourth-order valence-electron chi connectivity index (χ4n) is 0.263. The predicted octanol–water partition coefficient (Wildman–Crippen LogP) is -1.70. The molecule has 0 N–H and O–H groups in total. The summed E-state index contributed by atoms with van der Waals surface area (Å²) in [6.45, 7) is 1.87. The van der Waals surface area contributed by atoms with Gasteiger partial charge < -0.3 is 8.91 Å². The van der Waals surface area contributed by atoms with E-state index in [4.69, 9.17) is 4.12 Å². The van der Waals surface area contributed by atoms with Crippen molar-refractivity contribution in [3.63, 3.8) is 0 Å². The Morgan fingerprint density at radius 1 is 2.00 bits per heavy atom. The molecule has 0 rings (SSSR count). The van der Waals surface area contributed by atoms with Gasteiger partial charge in [0.25, 0.3) is 0 Å². The average molecular weight is 134 g/mol. The predicted molar refractivity (Wildman–Crippen MR) is 34.9 cm³/mol. The third kappa shape index (κ3) is 3.91. The van der Waals surface area contributed by atoms with Crippen LogP contribution in [0.4, 0.5) is 0 Å². The Balaban J connectivity index is 3.00. The first kappa shape index (κ1) is 7.06. The zero-order valence-electron chi connectivity index (χ0n) is 4.73. The lowest BCUT2D eigenvalue weighted by Crippen LogP contribution is -2.09. The van der Waals surface area contributed by atoms with Gasteiger partial charge in [-0.25, -0.2) is 0 Å². The van der Waals surface area contributed by atoms with Crippen LogP contribution < -0.4 is 0 Å². The average Bonchev–Trinajstić information content (AvgIpc) is 1.68. The zero-order chi connectivity index (χ0) is 5.70. The van der Waals surface area contributed by atoms with Gasteiger partial charge in [-0.1, -0.05) is 6.92 Å². The highest BCUT2D eigenvalue weighted by molar-refractivity contribution is 6.70. The van der Waals surface area contributed by atoms with E-state index in [0.29, 0.717) is 11.8 Å². The molecule has 0 saturated heterocycles. The van der Waals surface area contributed by atoms with E-state index in [1.54, 1.807) is 0 Å². The maximum atomic E-state index is 10.4. The minimum atomic E-state index is -0.731. The molecule has 0 aliphatic rings. The summed E-state index contributed by atoms with van der Waals surface area (Å²) in [5.74, 6) is 0. The van der Waals surface area contributed by atoms with E-state index in [2.05, 4.69) is 0 Å². The molecule has 0 bridgehead atoms. The molecule has 42 valence electrons. The van der Waals surface area contributed by atoms with Crippen molar-refractivity contribution in [2.45, 2.75) is 13.3 Å². The summed E-state index contributed by atoms with van der Waals surface area (Å²) in [6.07, 6.45) is 0.661. The summed E-state index contributed by atoms with van der Waals surface area (Å²) in [7, 11) is 0.00125. The molecule has 0 aromatic heterocycles. The van der Waals surface area contributed by atoms with E-state index in [1.165, 1.54) is 0 Å². The normalized spacial score (nSPS) is 11.0. The zero-order valence-corrected chi connectivity index (χ0v) is 8.14. The van der Waals surface area contributed by atoms with Gasteiger partial charge in [-0.2, -0.15) is 0 Å². The first-order chi connectivity index (χ1) is 3.31. The van der Waals surface area contributed by atoms with Crippen molar-refractivity contribution in [2.75, 3.05) is 0 Å². The Bertz CT molecular complexity index is 64.0. The lowest BCUT2D eigenvalue weighted by atomic mass is 10.6. The van der Waals surface area contributed by atoms with Gasteiger partial charge in [-0.05, 0) is 0 Å². The minimum Gasteiger partial charge on any atom is -0.463 e. The number of carbonyl (C=O) groups excluding carboxylic acids is 1. The maximum absolute atomic E-state index is 10.4. The van der Waals surface area contributed by atoms with Crippen LogP contribution in [-0.2, 0) is 8.91 Å². The Kier molecular flexibility index (Phi) is 4.27. The molecule has 0 aromatic carbocycles. The first-order valence-corrected chi connectivity index (χ1v) is 4.42. The summed E-state index contributed by atoms with van der Waals surface area (Å²) >= 11 is 0. The van der Waals surface area contributed by atoms with E-state index in [0.717, 1.165) is 10.5 Å². The number of rotatable bonds is 3. The smallest absolute Gasteiger partial charge is 0.221 e. The summed E-state index contributed by atoms with van der Waals surface area (Å²) in [6, 6.07) is 0. The summed E-state index contributed by atoms with van der Waals surface area (Å²) in [4.78, 5) is 10.4. The highest BCUT2D eigenvalue weighted by Gasteiger charge is 1.93. The van der Waals surface area contributed by atoms with Gasteiger partial charge in [-0.3, -0.25) is 0 Å². The highest BCUT2D eigenvalue weighted by Crippen LogP contribution is 1.74. The van der Waals surface area contributed by atoms with Gasteiger partial charge >= 0.3 is 0 Å². The Hall–Kier alpha value is 0.0638. The fraction of sp³-hybridized carbons (Fsp3) is 0.667. The summed E-state index contributed by atoms with van der Waals surface area (Å²) in [5.41, 5.74) is 0. The Morgan fingerprint density at radius 2 is 2.57 bits per heavy atom. The van der Waals surface area contributed by atoms with Crippen LogP contribution in [0.5, 0.6) is 0 Å². The Labute approximate surface area is 48.7 Å². The molecule has 0 radical (unpaired) electrons. The summed E-state index contributed by atoms with van der Waals surface area (Å²) < 4.78 is 4.82. The van der Waals surface area contributed by atoms with Crippen molar-refractivity contribution >= 4 is 25.7 Å². The lowest BCUT2D eigenvalue weighted by Gasteiger charge is -1.89. The molecule has 0 fully saturated rings. The van der Waals surface area contributed by atoms with Crippen LogP contribution in [-0.4, -0.2) is 25.7 Å². The molecular weight excluding hydrogens is 124 g/mol. The molecule has 0 atom stereocenters. The van der Waals surface area contributed by atoms with Crippen molar-refractivity contribution < 1.29 is 8.91 Å². The van der Waals surface area contributed by atoms with Crippen LogP contribution in [0.3, 0.4) is 0 Å². The van der Waals surface area contributed by atoms with Crippen LogP contribution in [0.1, 0.15) is 13.3 Å². The summed E-state index contributed by atoms with van der Waals surface area (Å²) in [5, 5.41) is 0.329. The fourth-order valence-corrected chi connectivity index (χ4v) is 1.76. The monoisotopic (exact) mass is 134 g/mol. The number of carbonyl (C=O) groups is 1. The van der Waals surface area contributed by atoms with Gasteiger partial charge in [0, 0.05) is 6.42 Å². The maximum Gasteiger partial charge on any atom is 0.221 e. The van der Waals surface area contributed by atoms with Gasteiger partial charge in [0.15, 0.2) is 0 Å². The van der Waals surface area contributed by atoms with Crippen LogP contribution in [0.15, 0.2) is 0 Å². The molecule has 2 nitrogen and oxygen atoms in total. The number of hydrogen-bond donors (Lipinski definition) is 0. The second-order valence-electron chi connectivity index (χ2n) is 1.33. The molecule has 0 aliphatic heterocycles. The highest BCUT2D eigenvalue weighted by atomic mass is 28.3. The third-order valence-corrected chi connectivity index (χ3v) is 2.68. The minimum absolute atomic E-state index is 0.329. The van der Waals surface area contributed by atoms with E-state index in [9.17, 15) is 4.79 Å². The van der Waals surface area contributed by atoms with Crippen molar-refractivity contribution in [1.29, 1.82) is 0 Å². The van der Waals surface area contributed by atoms with E-state index >= 15 is 0 Å². The molecule has 0 heterocycles. The van der Waals surface area contributed by atoms with Gasteiger partial charge in [0.1, 0.15) is 15.9 Å². The van der Waals surface area contributed by atoms with Gasteiger partial charge in [-0.15, -0.1) is 0 Å². The van der Waals surface area contributed by atoms with Crippen LogP contribution in [0.25, 0.3) is 0 Å². The van der Waals surface area contributed by atoms with Gasteiger partial charge in [0.2, 0.25) is 9.76 Å². The van der Waals surface area contributed by atoms with E-state index in [1.807, 2.05) is 6.92 Å². The second-order valence-corrected chi connectivity index (χ2v) is 4.71. The van der Waals surface area contributed by atoms with Crippen molar-refractivity contribution in [3.05, 3.63) is 0 Å². The largest absolute Gasteiger partial charge is 0.463 e. The van der Waals surface area contributed by atoms with Gasteiger partial charge in [0.05, 0.1) is 0 Å². The topological polar surface area (TPSA) is 26.3 Å². The number of hydrogen-bond acceptors (Lipinski definition) is 2. The third-order valence-electron chi connectivity index (χ3n) is 0.700. The molecule has 0 aromatic rings. The lowest BCUT2D eigenvalue weighted by molar-refractivity contribution is -0.112. The molecule has 7 heavy (non-hydrogen) atoms. The molecular formula is C3H10O2Si2. The second kappa shape index (κ2) is 4.23. The molecule has 0 unspecified atom stereocenters. The van der Waals surface area contributed by atoms with Crippen LogP contribution in [0, 0.1) is 0 Å². The first-order valence-electron chi connectivity index (χ1n) is 2.32. The molecule has 4 heteroatoms. The molecule has 0 spiro atoms. The van der Waals surface area contributed by atoms with Crippen molar-refractivity contribution in [2.24, 2.45) is 0 Å². The van der Waals surface area contributed by atoms with Crippen molar-refractivity contribution in [1.82, 2.24) is 0 Å². The van der Waals surface area contributed by atoms with Crippen molar-refractivity contribution in [3.8, 4) is 0 Å². The van der Waals surface area contributed by atoms with E-state index < -0.39 is 9.76 Å². The molecule has 0 saturated carbocycles. The quantitative estimate of drug-likeness (QED) is 0.430. The SMILES string of the molecule is CCC(=O)[SiH2]O[SiH3]. The molecule has 0 aliphatic carbocycles. The van der Waals surface area contributed by atoms with Crippen LogP contribution >= 0.6 is 0 Å². The standard InChI is InChI=1S/C3H10O2Si2/c1-2-3(4)7-5-6/h2,7H2,1,6H3. The van der Waals surface area contributed by atoms with Crippen LogP contribution in [0.2, 0.25) is 0 Å². The Morgan fingerprint density at radius 3 is 2.71 bits per heavy atom.